The summed E-state index contributed by atoms with van der Waals surface area (Å²) in [7, 11) is 0. The van der Waals surface area contributed by atoms with Gasteiger partial charge in [0.2, 0.25) is 0 Å². The van der Waals surface area contributed by atoms with Crippen molar-refractivity contribution in [3.8, 4) is 5.75 Å². The molecule has 13 heavy (non-hydrogen) atoms. The lowest BCUT2D eigenvalue weighted by atomic mass is 10.1. The average Bonchev–Trinajstić information content (AvgIpc) is 2.13. The van der Waals surface area contributed by atoms with Gasteiger partial charge in [-0.25, -0.2) is 0 Å². The lowest BCUT2D eigenvalue weighted by Gasteiger charge is -2.06. The molecule has 1 aromatic rings. The molecule has 0 heterocycles. The summed E-state index contributed by atoms with van der Waals surface area (Å²) < 4.78 is 0. The Morgan fingerprint density at radius 1 is 1.46 bits per heavy atom. The molecule has 2 nitrogen and oxygen atoms in total. The fourth-order valence-corrected chi connectivity index (χ4v) is 1.38. The van der Waals surface area contributed by atoms with Gasteiger partial charge in [-0.2, -0.15) is 0 Å². The fraction of sp³-hybridized carbons (Fsp3) is 0.200. The minimum Gasteiger partial charge on any atom is -0.506 e. The predicted molar refractivity (Wildman–Crippen MR) is 52.9 cm³/mol. The molecule has 0 amide bonds. The highest BCUT2D eigenvalue weighted by Gasteiger charge is 2.06. The van der Waals surface area contributed by atoms with E-state index in [1.54, 1.807) is 18.2 Å². The highest BCUT2D eigenvalue weighted by atomic mass is 35.5. The SMILES string of the molecule is C=CCc1cc(CO)cc(Cl)c1O. The number of benzene rings is 1. The highest BCUT2D eigenvalue weighted by molar-refractivity contribution is 6.32. The van der Waals surface area contributed by atoms with Gasteiger partial charge in [-0.3, -0.25) is 0 Å². The largest absolute Gasteiger partial charge is 0.506 e. The van der Waals surface area contributed by atoms with Gasteiger partial charge < -0.3 is 10.2 Å². The number of phenolic OH excluding ortho intramolecular Hbond substituents is 1. The number of aliphatic hydroxyl groups excluding tert-OH is 1. The van der Waals surface area contributed by atoms with Crippen LogP contribution in [0.2, 0.25) is 5.02 Å². The minimum absolute atomic E-state index is 0.0683. The molecule has 2 N–H and O–H groups in total. The first-order valence-corrected chi connectivity index (χ1v) is 4.29. The average molecular weight is 199 g/mol. The van der Waals surface area contributed by atoms with Crippen LogP contribution in [0.25, 0.3) is 0 Å². The van der Waals surface area contributed by atoms with Crippen LogP contribution in [0.4, 0.5) is 0 Å². The van der Waals surface area contributed by atoms with Crippen LogP contribution in [0, 0.1) is 0 Å². The molecular formula is C10H11ClO2. The summed E-state index contributed by atoms with van der Waals surface area (Å²) in [6.07, 6.45) is 2.21. The summed E-state index contributed by atoms with van der Waals surface area (Å²) in [4.78, 5) is 0. The number of allylic oxidation sites excluding steroid dienone is 1. The predicted octanol–water partition coefficient (Wildman–Crippen LogP) is 2.27. The van der Waals surface area contributed by atoms with E-state index in [9.17, 15) is 5.11 Å². The number of aromatic hydroxyl groups is 1. The molecule has 0 aliphatic heterocycles. The third kappa shape index (κ3) is 2.23. The first-order valence-electron chi connectivity index (χ1n) is 3.91. The Bertz CT molecular complexity index is 321. The van der Waals surface area contributed by atoms with Crippen LogP contribution >= 0.6 is 11.6 Å². The van der Waals surface area contributed by atoms with Gasteiger partial charge in [0.15, 0.2) is 0 Å². The van der Waals surface area contributed by atoms with Crippen LogP contribution < -0.4 is 0 Å². The van der Waals surface area contributed by atoms with Crippen LogP contribution in [-0.2, 0) is 13.0 Å². The van der Waals surface area contributed by atoms with Gasteiger partial charge >= 0.3 is 0 Å². The third-order valence-electron chi connectivity index (χ3n) is 1.75. The van der Waals surface area contributed by atoms with Crippen molar-refractivity contribution in [3.63, 3.8) is 0 Å². The van der Waals surface area contributed by atoms with Crippen molar-refractivity contribution in [2.75, 3.05) is 0 Å². The van der Waals surface area contributed by atoms with Gasteiger partial charge in [0, 0.05) is 0 Å². The Labute approximate surface area is 82.1 Å². The summed E-state index contributed by atoms with van der Waals surface area (Å²) >= 11 is 5.74. The molecule has 0 saturated carbocycles. The van der Waals surface area contributed by atoms with Crippen molar-refractivity contribution >= 4 is 11.6 Å². The number of hydrogen-bond acceptors (Lipinski definition) is 2. The summed E-state index contributed by atoms with van der Waals surface area (Å²) in [6.45, 7) is 3.49. The van der Waals surface area contributed by atoms with E-state index in [1.807, 2.05) is 0 Å². The number of halogens is 1. The van der Waals surface area contributed by atoms with E-state index in [-0.39, 0.29) is 17.4 Å². The molecule has 0 fully saturated rings. The minimum atomic E-state index is -0.0792. The second-order valence-electron chi connectivity index (χ2n) is 2.74. The molecule has 0 aromatic heterocycles. The third-order valence-corrected chi connectivity index (χ3v) is 2.04. The van der Waals surface area contributed by atoms with E-state index in [2.05, 4.69) is 6.58 Å². The smallest absolute Gasteiger partial charge is 0.137 e. The lowest BCUT2D eigenvalue weighted by molar-refractivity contribution is 0.281. The zero-order valence-electron chi connectivity index (χ0n) is 7.13. The van der Waals surface area contributed by atoms with Crippen LogP contribution in [0.3, 0.4) is 0 Å². The Balaban J connectivity index is 3.15. The van der Waals surface area contributed by atoms with Gasteiger partial charge in [-0.15, -0.1) is 6.58 Å². The number of rotatable bonds is 3. The zero-order valence-corrected chi connectivity index (χ0v) is 7.88. The molecule has 0 radical (unpaired) electrons. The maximum absolute atomic E-state index is 9.49. The van der Waals surface area contributed by atoms with Crippen molar-refractivity contribution in [3.05, 3.63) is 40.9 Å². The quantitative estimate of drug-likeness (QED) is 0.732. The first kappa shape index (κ1) is 10.1. The molecule has 1 aromatic carbocycles. The standard InChI is InChI=1S/C10H11ClO2/c1-2-3-8-4-7(6-12)5-9(11)10(8)13/h2,4-5,12-13H,1,3,6H2. The maximum Gasteiger partial charge on any atom is 0.137 e. The molecule has 1 rings (SSSR count). The van der Waals surface area contributed by atoms with E-state index in [0.717, 1.165) is 0 Å². The number of aliphatic hydroxyl groups is 1. The van der Waals surface area contributed by atoms with Crippen molar-refractivity contribution < 1.29 is 10.2 Å². The second kappa shape index (κ2) is 4.30. The zero-order chi connectivity index (χ0) is 9.84. The van der Waals surface area contributed by atoms with Crippen LogP contribution in [0.1, 0.15) is 11.1 Å². The van der Waals surface area contributed by atoms with Gasteiger partial charge in [0.25, 0.3) is 0 Å². The Morgan fingerprint density at radius 3 is 2.69 bits per heavy atom. The number of phenols is 1. The highest BCUT2D eigenvalue weighted by Crippen LogP contribution is 2.29. The fourth-order valence-electron chi connectivity index (χ4n) is 1.12. The number of hydrogen-bond donors (Lipinski definition) is 2. The van der Waals surface area contributed by atoms with Crippen LogP contribution in [0.5, 0.6) is 5.75 Å². The van der Waals surface area contributed by atoms with Gasteiger partial charge in [-0.1, -0.05) is 17.7 Å². The molecule has 0 aliphatic rings. The molecule has 0 unspecified atom stereocenters. The monoisotopic (exact) mass is 198 g/mol. The lowest BCUT2D eigenvalue weighted by Crippen LogP contribution is -1.89. The first-order chi connectivity index (χ1) is 6.19. The van der Waals surface area contributed by atoms with Crippen molar-refractivity contribution in [1.29, 1.82) is 0 Å². The van der Waals surface area contributed by atoms with E-state index in [0.29, 0.717) is 17.5 Å². The summed E-state index contributed by atoms with van der Waals surface area (Å²) in [6, 6.07) is 3.26. The molecule has 0 saturated heterocycles. The molecular weight excluding hydrogens is 188 g/mol. The van der Waals surface area contributed by atoms with Gasteiger partial charge in [0.1, 0.15) is 5.75 Å². The Kier molecular flexibility index (Phi) is 3.34. The van der Waals surface area contributed by atoms with E-state index in [4.69, 9.17) is 16.7 Å². The Morgan fingerprint density at radius 2 is 2.15 bits per heavy atom. The van der Waals surface area contributed by atoms with Crippen molar-refractivity contribution in [2.45, 2.75) is 13.0 Å². The van der Waals surface area contributed by atoms with E-state index < -0.39 is 0 Å². The maximum atomic E-state index is 9.49. The van der Waals surface area contributed by atoms with Crippen molar-refractivity contribution in [1.82, 2.24) is 0 Å². The Hall–Kier alpha value is -0.990. The summed E-state index contributed by atoms with van der Waals surface area (Å²) in [5.74, 6) is 0.0683. The topological polar surface area (TPSA) is 40.5 Å². The summed E-state index contributed by atoms with van der Waals surface area (Å²) in [5, 5.41) is 18.6. The van der Waals surface area contributed by atoms with Crippen LogP contribution in [0.15, 0.2) is 24.8 Å². The molecule has 0 bridgehead atoms. The second-order valence-corrected chi connectivity index (χ2v) is 3.14. The normalized spacial score (nSPS) is 10.0. The molecule has 0 spiro atoms. The van der Waals surface area contributed by atoms with Crippen LogP contribution in [-0.4, -0.2) is 10.2 Å². The molecule has 3 heteroatoms. The van der Waals surface area contributed by atoms with E-state index in [1.165, 1.54) is 0 Å². The van der Waals surface area contributed by atoms with Crippen molar-refractivity contribution in [2.24, 2.45) is 0 Å². The van der Waals surface area contributed by atoms with Gasteiger partial charge in [-0.05, 0) is 29.7 Å². The van der Waals surface area contributed by atoms with E-state index >= 15 is 0 Å². The van der Waals surface area contributed by atoms with Gasteiger partial charge in [0.05, 0.1) is 11.6 Å². The molecule has 70 valence electrons. The summed E-state index contributed by atoms with van der Waals surface area (Å²) in [5.41, 5.74) is 1.38. The molecule has 0 aliphatic carbocycles. The molecule has 0 atom stereocenters.